The zero-order valence-corrected chi connectivity index (χ0v) is 15.6. The van der Waals surface area contributed by atoms with Gasteiger partial charge in [-0.05, 0) is 30.4 Å². The zero-order chi connectivity index (χ0) is 19.8. The Labute approximate surface area is 162 Å². The van der Waals surface area contributed by atoms with Crippen LogP contribution in [-0.2, 0) is 18.3 Å². The zero-order valence-electron chi connectivity index (χ0n) is 15.6. The quantitative estimate of drug-likeness (QED) is 0.787. The molecule has 2 bridgehead atoms. The van der Waals surface area contributed by atoms with Crippen molar-refractivity contribution >= 4 is 11.8 Å². The summed E-state index contributed by atoms with van der Waals surface area (Å²) in [6.45, 7) is 1.17. The highest BCUT2D eigenvalue weighted by molar-refractivity contribution is 5.92. The molecule has 3 heterocycles. The molecule has 1 saturated carbocycles. The normalized spacial score (nSPS) is 22.8. The van der Waals surface area contributed by atoms with Crippen molar-refractivity contribution in [3.63, 3.8) is 0 Å². The summed E-state index contributed by atoms with van der Waals surface area (Å²) in [7, 11) is 1.44. The number of fused-ring (bicyclic) bond motifs is 1. The number of para-hydroxylation sites is 1. The van der Waals surface area contributed by atoms with Gasteiger partial charge in [-0.1, -0.05) is 18.2 Å². The number of halogens is 1. The third-order valence-corrected chi connectivity index (χ3v) is 5.95. The number of amides is 2. The molecule has 5 rings (SSSR count). The summed E-state index contributed by atoms with van der Waals surface area (Å²) in [6, 6.07) is 8.30. The number of benzene rings is 1. The Balaban J connectivity index is 1.28. The van der Waals surface area contributed by atoms with Gasteiger partial charge in [0.2, 0.25) is 11.9 Å². The number of carbonyl (C=O) groups is 2. The van der Waals surface area contributed by atoms with Gasteiger partial charge in [0.05, 0.1) is 0 Å². The van der Waals surface area contributed by atoms with Crippen molar-refractivity contribution in [3.8, 4) is 5.75 Å². The van der Waals surface area contributed by atoms with Crippen LogP contribution < -0.4 is 5.32 Å². The largest absolute Gasteiger partial charge is 0.508 e. The number of nitrogens with one attached hydrogen (secondary N) is 1. The molecule has 0 spiro atoms. The molecule has 2 saturated heterocycles. The van der Waals surface area contributed by atoms with E-state index in [1.54, 1.807) is 12.1 Å². The van der Waals surface area contributed by atoms with Crippen LogP contribution in [0, 0.1) is 17.8 Å². The van der Waals surface area contributed by atoms with Crippen LogP contribution in [0.1, 0.15) is 28.9 Å². The summed E-state index contributed by atoms with van der Waals surface area (Å²) in [4.78, 5) is 26.7. The number of aryl methyl sites for hydroxylation is 2. The molecule has 3 aliphatic rings. The topological polar surface area (TPSA) is 87.5 Å². The van der Waals surface area contributed by atoms with E-state index in [4.69, 9.17) is 0 Å². The first-order valence-electron chi connectivity index (χ1n) is 9.48. The number of phenols is 1. The predicted molar refractivity (Wildman–Crippen MR) is 99.0 cm³/mol. The average Bonchev–Trinajstić information content (AvgIpc) is 3.35. The maximum Gasteiger partial charge on any atom is 0.271 e. The second-order valence-electron chi connectivity index (χ2n) is 7.59. The molecule has 7 nitrogen and oxygen atoms in total. The SMILES string of the molecule is Cn1nc(C(=O)NC[C@@H]2[C@H]3C[C@@H]2N(C(=O)CCc2ccccc2O)C3)cc1F. The van der Waals surface area contributed by atoms with Crippen LogP contribution in [0.15, 0.2) is 30.3 Å². The van der Waals surface area contributed by atoms with Gasteiger partial charge in [-0.25, -0.2) is 4.68 Å². The highest BCUT2D eigenvalue weighted by atomic mass is 19.1. The fraction of sp³-hybridized carbons (Fsp3) is 0.450. The average molecular weight is 386 g/mol. The second-order valence-corrected chi connectivity index (χ2v) is 7.59. The van der Waals surface area contributed by atoms with Crippen LogP contribution in [-0.4, -0.2) is 50.7 Å². The molecular weight excluding hydrogens is 363 g/mol. The first-order chi connectivity index (χ1) is 13.4. The van der Waals surface area contributed by atoms with E-state index in [0.717, 1.165) is 22.7 Å². The molecule has 8 heteroatoms. The lowest BCUT2D eigenvalue weighted by molar-refractivity contribution is -0.131. The summed E-state index contributed by atoms with van der Waals surface area (Å²) in [6.07, 6.45) is 1.82. The minimum Gasteiger partial charge on any atom is -0.508 e. The number of rotatable bonds is 6. The lowest BCUT2D eigenvalue weighted by Crippen LogP contribution is -2.47. The molecule has 3 atom stereocenters. The van der Waals surface area contributed by atoms with E-state index < -0.39 is 11.9 Å². The standard InChI is InChI=1S/C20H23FN4O3/c1-24-18(21)9-15(23-24)20(28)22-10-14-13-8-16(14)25(11-13)19(27)7-6-12-4-2-3-5-17(12)26/h2-5,9,13-14,16,26H,6-8,10-11H2,1H3,(H,22,28)/t13-,14+,16-/m0/s1. The number of aromatic hydroxyl groups is 1. The fourth-order valence-electron chi connectivity index (χ4n) is 4.29. The molecule has 3 fully saturated rings. The lowest BCUT2D eigenvalue weighted by atomic mass is 9.74. The summed E-state index contributed by atoms with van der Waals surface area (Å²) in [5.74, 6) is -0.0475. The predicted octanol–water partition coefficient (Wildman–Crippen LogP) is 1.47. The smallest absolute Gasteiger partial charge is 0.271 e. The van der Waals surface area contributed by atoms with Gasteiger partial charge in [0.25, 0.3) is 5.91 Å². The maximum absolute atomic E-state index is 13.3. The highest BCUT2D eigenvalue weighted by Gasteiger charge is 2.53. The van der Waals surface area contributed by atoms with E-state index in [9.17, 15) is 19.1 Å². The molecule has 0 radical (unpaired) electrons. The number of aromatic nitrogens is 2. The van der Waals surface area contributed by atoms with Crippen molar-refractivity contribution in [2.75, 3.05) is 13.1 Å². The Bertz CT molecular complexity index is 893. The van der Waals surface area contributed by atoms with Crippen LogP contribution in [0.5, 0.6) is 5.75 Å². The summed E-state index contributed by atoms with van der Waals surface area (Å²) < 4.78 is 14.4. The maximum atomic E-state index is 13.3. The Morgan fingerprint density at radius 1 is 1.36 bits per heavy atom. The van der Waals surface area contributed by atoms with E-state index >= 15 is 0 Å². The van der Waals surface area contributed by atoms with Crippen molar-refractivity contribution < 1.29 is 19.1 Å². The lowest BCUT2D eigenvalue weighted by Gasteiger charge is -2.36. The van der Waals surface area contributed by atoms with Gasteiger partial charge in [-0.3, -0.25) is 9.59 Å². The molecule has 1 aliphatic carbocycles. The van der Waals surface area contributed by atoms with Gasteiger partial charge in [0.15, 0.2) is 5.69 Å². The monoisotopic (exact) mass is 386 g/mol. The van der Waals surface area contributed by atoms with Crippen molar-refractivity contribution in [3.05, 3.63) is 47.5 Å². The minimum absolute atomic E-state index is 0.0577. The van der Waals surface area contributed by atoms with Crippen molar-refractivity contribution in [1.82, 2.24) is 20.0 Å². The third-order valence-electron chi connectivity index (χ3n) is 5.95. The summed E-state index contributed by atoms with van der Waals surface area (Å²) in [5, 5.41) is 16.5. The Hall–Kier alpha value is -2.90. The first-order valence-corrected chi connectivity index (χ1v) is 9.48. The summed E-state index contributed by atoms with van der Waals surface area (Å²) >= 11 is 0. The molecule has 0 unspecified atom stereocenters. The van der Waals surface area contributed by atoms with Crippen LogP contribution in [0.25, 0.3) is 0 Å². The van der Waals surface area contributed by atoms with Crippen LogP contribution in [0.3, 0.4) is 0 Å². The van der Waals surface area contributed by atoms with Gasteiger partial charge in [0, 0.05) is 44.6 Å². The Morgan fingerprint density at radius 3 is 2.86 bits per heavy atom. The highest BCUT2D eigenvalue weighted by Crippen LogP contribution is 2.46. The molecule has 28 heavy (non-hydrogen) atoms. The van der Waals surface area contributed by atoms with Crippen molar-refractivity contribution in [2.45, 2.75) is 25.3 Å². The fourth-order valence-corrected chi connectivity index (χ4v) is 4.29. The Kier molecular flexibility index (Phi) is 4.78. The van der Waals surface area contributed by atoms with Gasteiger partial charge in [-0.2, -0.15) is 9.49 Å². The number of nitrogens with zero attached hydrogens (tertiary/aromatic N) is 3. The molecule has 1 aromatic carbocycles. The molecule has 2 aliphatic heterocycles. The third kappa shape index (κ3) is 3.34. The van der Waals surface area contributed by atoms with Crippen molar-refractivity contribution in [2.24, 2.45) is 18.9 Å². The van der Waals surface area contributed by atoms with Gasteiger partial charge in [-0.15, -0.1) is 0 Å². The van der Waals surface area contributed by atoms with E-state index in [-0.39, 0.29) is 29.3 Å². The van der Waals surface area contributed by atoms with E-state index in [1.807, 2.05) is 17.0 Å². The van der Waals surface area contributed by atoms with Gasteiger partial charge >= 0.3 is 0 Å². The van der Waals surface area contributed by atoms with E-state index in [1.165, 1.54) is 7.05 Å². The number of phenolic OH excluding ortho intramolecular Hbond substituents is 1. The Morgan fingerprint density at radius 2 is 2.14 bits per heavy atom. The second kappa shape index (κ2) is 7.26. The van der Waals surface area contributed by atoms with Gasteiger partial charge in [0.1, 0.15) is 5.75 Å². The molecule has 1 aromatic heterocycles. The molecule has 2 N–H and O–H groups in total. The number of hydrogen-bond acceptors (Lipinski definition) is 4. The van der Waals surface area contributed by atoms with Crippen LogP contribution in [0.2, 0.25) is 0 Å². The number of carbonyl (C=O) groups excluding carboxylic acids is 2. The van der Waals surface area contributed by atoms with E-state index in [2.05, 4.69) is 10.4 Å². The van der Waals surface area contributed by atoms with Crippen LogP contribution >= 0.6 is 0 Å². The molecular formula is C20H23FN4O3. The molecule has 148 valence electrons. The first kappa shape index (κ1) is 18.5. The summed E-state index contributed by atoms with van der Waals surface area (Å²) in [5.41, 5.74) is 0.830. The van der Waals surface area contributed by atoms with Crippen molar-refractivity contribution in [1.29, 1.82) is 0 Å². The molecule has 2 aromatic rings. The minimum atomic E-state index is -0.560. The molecule has 2 amide bonds. The van der Waals surface area contributed by atoms with E-state index in [0.29, 0.717) is 31.8 Å². The van der Waals surface area contributed by atoms with Crippen LogP contribution in [0.4, 0.5) is 4.39 Å². The van der Waals surface area contributed by atoms with Gasteiger partial charge < -0.3 is 15.3 Å². The number of hydrogen-bond donors (Lipinski definition) is 2.